The first-order chi connectivity index (χ1) is 9.72. The van der Waals surface area contributed by atoms with Crippen molar-refractivity contribution < 1.29 is 9.47 Å². The molecule has 20 heavy (non-hydrogen) atoms. The zero-order valence-corrected chi connectivity index (χ0v) is 12.7. The first-order valence-electron chi connectivity index (χ1n) is 7.55. The Morgan fingerprint density at radius 2 is 1.75 bits per heavy atom. The number of halogens is 1. The quantitative estimate of drug-likeness (QED) is 0.899. The lowest BCUT2D eigenvalue weighted by Gasteiger charge is -2.27. The molecular formula is C16H22ClNO2. The molecule has 1 heterocycles. The van der Waals surface area contributed by atoms with Gasteiger partial charge < -0.3 is 14.8 Å². The summed E-state index contributed by atoms with van der Waals surface area (Å²) in [6.07, 6.45) is 5.33. The summed E-state index contributed by atoms with van der Waals surface area (Å²) < 4.78 is 11.1. The second kappa shape index (κ2) is 6.13. The van der Waals surface area contributed by atoms with Crippen LogP contribution in [-0.2, 0) is 0 Å². The third-order valence-corrected chi connectivity index (χ3v) is 4.66. The molecule has 0 radical (unpaired) electrons. The Hall–Kier alpha value is -1.09. The summed E-state index contributed by atoms with van der Waals surface area (Å²) in [6.45, 7) is 4.54. The number of ether oxygens (including phenoxy) is 2. The van der Waals surface area contributed by atoms with E-state index in [0.717, 1.165) is 35.6 Å². The Morgan fingerprint density at radius 1 is 1.10 bits per heavy atom. The van der Waals surface area contributed by atoms with Crippen LogP contribution in [0.5, 0.6) is 11.5 Å². The molecule has 1 fully saturated rings. The largest absolute Gasteiger partial charge is 0.486 e. The Balaban J connectivity index is 1.62. The zero-order valence-electron chi connectivity index (χ0n) is 12.0. The van der Waals surface area contributed by atoms with Crippen LogP contribution in [0.25, 0.3) is 0 Å². The van der Waals surface area contributed by atoms with Crippen molar-refractivity contribution in [2.45, 2.75) is 32.6 Å². The van der Waals surface area contributed by atoms with Gasteiger partial charge in [0.25, 0.3) is 0 Å². The molecule has 1 aliphatic carbocycles. The Kier molecular flexibility index (Phi) is 4.25. The van der Waals surface area contributed by atoms with Gasteiger partial charge in [-0.2, -0.15) is 0 Å². The number of hydrogen-bond donors (Lipinski definition) is 1. The van der Waals surface area contributed by atoms with Crippen molar-refractivity contribution in [2.24, 2.45) is 11.8 Å². The van der Waals surface area contributed by atoms with E-state index in [-0.39, 0.29) is 0 Å². The molecule has 2 aliphatic rings. The molecule has 3 nitrogen and oxygen atoms in total. The Bertz CT molecular complexity index is 470. The van der Waals surface area contributed by atoms with Crippen molar-refractivity contribution in [1.29, 1.82) is 0 Å². The van der Waals surface area contributed by atoms with Gasteiger partial charge >= 0.3 is 0 Å². The Morgan fingerprint density at radius 3 is 2.45 bits per heavy atom. The first kappa shape index (κ1) is 13.9. The predicted octanol–water partition coefficient (Wildman–Crippen LogP) is 4.35. The van der Waals surface area contributed by atoms with Crippen molar-refractivity contribution >= 4 is 17.3 Å². The van der Waals surface area contributed by atoms with Crippen molar-refractivity contribution in [3.05, 3.63) is 17.2 Å². The van der Waals surface area contributed by atoms with E-state index in [1.54, 1.807) is 0 Å². The van der Waals surface area contributed by atoms with Crippen LogP contribution in [-0.4, -0.2) is 19.8 Å². The highest BCUT2D eigenvalue weighted by atomic mass is 35.5. The van der Waals surface area contributed by atoms with Crippen LogP contribution >= 0.6 is 11.6 Å². The van der Waals surface area contributed by atoms with Crippen LogP contribution in [0, 0.1) is 11.8 Å². The zero-order chi connectivity index (χ0) is 13.9. The molecule has 0 atom stereocenters. The molecule has 0 saturated heterocycles. The molecule has 1 saturated carbocycles. The summed E-state index contributed by atoms with van der Waals surface area (Å²) in [7, 11) is 0. The van der Waals surface area contributed by atoms with E-state index in [4.69, 9.17) is 21.1 Å². The average molecular weight is 296 g/mol. The van der Waals surface area contributed by atoms with Crippen molar-refractivity contribution in [1.82, 2.24) is 0 Å². The van der Waals surface area contributed by atoms with Gasteiger partial charge in [-0.3, -0.25) is 0 Å². The molecular weight excluding hydrogens is 274 g/mol. The molecule has 0 amide bonds. The first-order valence-corrected chi connectivity index (χ1v) is 7.93. The molecule has 0 aromatic heterocycles. The normalized spacial score (nSPS) is 25.3. The maximum Gasteiger partial charge on any atom is 0.163 e. The molecule has 4 heteroatoms. The van der Waals surface area contributed by atoms with Gasteiger partial charge in [-0.1, -0.05) is 31.4 Å². The SMILES string of the molecule is CC1CCC(CNc2cc3c(cc2Cl)OCCO3)CC1. The van der Waals surface area contributed by atoms with Crippen LogP contribution in [0.15, 0.2) is 12.1 Å². The summed E-state index contributed by atoms with van der Waals surface area (Å²) in [4.78, 5) is 0. The third-order valence-electron chi connectivity index (χ3n) is 4.35. The number of nitrogens with one attached hydrogen (secondary N) is 1. The maximum absolute atomic E-state index is 6.30. The third kappa shape index (κ3) is 3.14. The number of benzene rings is 1. The lowest BCUT2D eigenvalue weighted by molar-refractivity contribution is 0.171. The van der Waals surface area contributed by atoms with E-state index in [1.165, 1.54) is 25.7 Å². The van der Waals surface area contributed by atoms with E-state index in [9.17, 15) is 0 Å². The van der Waals surface area contributed by atoms with E-state index in [2.05, 4.69) is 12.2 Å². The lowest BCUT2D eigenvalue weighted by Crippen LogP contribution is -2.20. The second-order valence-corrected chi connectivity index (χ2v) is 6.39. The fourth-order valence-electron chi connectivity index (χ4n) is 2.99. The minimum absolute atomic E-state index is 0.594. The molecule has 0 spiro atoms. The van der Waals surface area contributed by atoms with E-state index >= 15 is 0 Å². The Labute approximate surface area is 125 Å². The van der Waals surface area contributed by atoms with Crippen molar-refractivity contribution in [2.75, 3.05) is 25.1 Å². The van der Waals surface area contributed by atoms with Crippen LogP contribution in [0.4, 0.5) is 5.69 Å². The average Bonchev–Trinajstić information content (AvgIpc) is 2.47. The number of hydrogen-bond acceptors (Lipinski definition) is 3. The predicted molar refractivity (Wildman–Crippen MR) is 82.1 cm³/mol. The highest BCUT2D eigenvalue weighted by Crippen LogP contribution is 2.38. The lowest BCUT2D eigenvalue weighted by atomic mass is 9.83. The number of fused-ring (bicyclic) bond motifs is 1. The molecule has 1 aromatic carbocycles. The van der Waals surface area contributed by atoms with Crippen LogP contribution in [0.1, 0.15) is 32.6 Å². The molecule has 1 aliphatic heterocycles. The van der Waals surface area contributed by atoms with Crippen LogP contribution in [0.3, 0.4) is 0 Å². The van der Waals surface area contributed by atoms with Gasteiger partial charge in [0.15, 0.2) is 11.5 Å². The molecule has 1 N–H and O–H groups in total. The van der Waals surface area contributed by atoms with E-state index in [0.29, 0.717) is 18.2 Å². The van der Waals surface area contributed by atoms with E-state index < -0.39 is 0 Å². The standard InChI is InChI=1S/C16H22ClNO2/c1-11-2-4-12(5-3-11)10-18-14-9-16-15(8-13(14)17)19-6-7-20-16/h8-9,11-12,18H,2-7,10H2,1H3. The number of anilines is 1. The van der Waals surface area contributed by atoms with Gasteiger partial charge in [0.2, 0.25) is 0 Å². The van der Waals surface area contributed by atoms with Crippen molar-refractivity contribution in [3.63, 3.8) is 0 Å². The van der Waals surface area contributed by atoms with Gasteiger partial charge in [0.05, 0.1) is 10.7 Å². The van der Waals surface area contributed by atoms with Crippen LogP contribution < -0.4 is 14.8 Å². The van der Waals surface area contributed by atoms with Gasteiger partial charge in [-0.25, -0.2) is 0 Å². The topological polar surface area (TPSA) is 30.5 Å². The van der Waals surface area contributed by atoms with Gasteiger partial charge in [-0.05, 0) is 24.7 Å². The summed E-state index contributed by atoms with van der Waals surface area (Å²) in [5.41, 5.74) is 0.953. The molecule has 1 aromatic rings. The molecule has 110 valence electrons. The fourth-order valence-corrected chi connectivity index (χ4v) is 3.21. The van der Waals surface area contributed by atoms with Gasteiger partial charge in [0, 0.05) is 18.7 Å². The second-order valence-electron chi connectivity index (χ2n) is 5.98. The highest BCUT2D eigenvalue weighted by molar-refractivity contribution is 6.33. The van der Waals surface area contributed by atoms with E-state index in [1.807, 2.05) is 12.1 Å². The monoisotopic (exact) mass is 295 g/mol. The highest BCUT2D eigenvalue weighted by Gasteiger charge is 2.19. The maximum atomic E-state index is 6.30. The minimum Gasteiger partial charge on any atom is -0.486 e. The summed E-state index contributed by atoms with van der Waals surface area (Å²) in [5, 5.41) is 4.19. The van der Waals surface area contributed by atoms with Gasteiger partial charge in [0.1, 0.15) is 13.2 Å². The van der Waals surface area contributed by atoms with Crippen molar-refractivity contribution in [3.8, 4) is 11.5 Å². The fraction of sp³-hybridized carbons (Fsp3) is 0.625. The summed E-state index contributed by atoms with van der Waals surface area (Å²) in [5.74, 6) is 3.19. The minimum atomic E-state index is 0.594. The van der Waals surface area contributed by atoms with Crippen LogP contribution in [0.2, 0.25) is 5.02 Å². The molecule has 0 bridgehead atoms. The number of rotatable bonds is 3. The molecule has 0 unspecified atom stereocenters. The smallest absolute Gasteiger partial charge is 0.163 e. The summed E-state index contributed by atoms with van der Waals surface area (Å²) >= 11 is 6.30. The molecule has 3 rings (SSSR count). The van der Waals surface area contributed by atoms with Gasteiger partial charge in [-0.15, -0.1) is 0 Å². The summed E-state index contributed by atoms with van der Waals surface area (Å²) in [6, 6.07) is 3.81.